The van der Waals surface area contributed by atoms with Gasteiger partial charge in [0.1, 0.15) is 5.82 Å². The number of aliphatic hydroxyl groups excluding tert-OH is 1. The molecule has 1 aromatic heterocycles. The highest BCUT2D eigenvalue weighted by molar-refractivity contribution is 5.45. The normalized spacial score (nSPS) is 15.5. The van der Waals surface area contributed by atoms with Crippen LogP contribution in [0.1, 0.15) is 5.56 Å². The van der Waals surface area contributed by atoms with Gasteiger partial charge in [0.25, 0.3) is 5.56 Å². The van der Waals surface area contributed by atoms with Crippen LogP contribution in [0.25, 0.3) is 0 Å². The molecule has 94 valence electrons. The molecule has 0 saturated carbocycles. The van der Waals surface area contributed by atoms with Crippen LogP contribution in [0.5, 0.6) is 0 Å². The summed E-state index contributed by atoms with van der Waals surface area (Å²) in [4.78, 5) is 25.6. The van der Waals surface area contributed by atoms with E-state index in [0.717, 1.165) is 4.57 Å². The first-order valence-electron chi connectivity index (χ1n) is 5.42. The number of anilines is 1. The minimum absolute atomic E-state index is 0.0447. The van der Waals surface area contributed by atoms with E-state index >= 15 is 0 Å². The summed E-state index contributed by atoms with van der Waals surface area (Å²) in [6, 6.07) is 0. The maximum Gasteiger partial charge on any atom is 0.332 e. The monoisotopic (exact) mass is 240 g/mol. The lowest BCUT2D eigenvalue weighted by Gasteiger charge is -2.29. The molecule has 0 spiro atoms. The molecule has 0 aromatic carbocycles. The lowest BCUT2D eigenvalue weighted by Crippen LogP contribution is -2.46. The minimum atomic E-state index is -0.336. The summed E-state index contributed by atoms with van der Waals surface area (Å²) >= 11 is 0. The number of aliphatic hydroxyl groups is 1. The second kappa shape index (κ2) is 4.34. The van der Waals surface area contributed by atoms with E-state index in [0.29, 0.717) is 31.1 Å². The predicted octanol–water partition coefficient (Wildman–Crippen LogP) is -1.74. The number of nitrogens with zero attached hydrogens (tertiary/aromatic N) is 3. The van der Waals surface area contributed by atoms with Gasteiger partial charge < -0.3 is 10.4 Å². The van der Waals surface area contributed by atoms with Gasteiger partial charge in [-0.05, 0) is 0 Å². The van der Waals surface area contributed by atoms with E-state index < -0.39 is 0 Å². The Morgan fingerprint density at radius 3 is 2.65 bits per heavy atom. The average molecular weight is 240 g/mol. The van der Waals surface area contributed by atoms with Gasteiger partial charge in [-0.25, -0.2) is 4.79 Å². The Morgan fingerprint density at radius 1 is 1.29 bits per heavy atom. The SMILES string of the molecule is Cn1c2c(c(=O)n(C)c1=O)CN(CCO)CN2. The van der Waals surface area contributed by atoms with Crippen LogP contribution in [0.15, 0.2) is 9.59 Å². The maximum absolute atomic E-state index is 12.0. The van der Waals surface area contributed by atoms with Crippen molar-refractivity contribution in [1.29, 1.82) is 0 Å². The molecule has 1 aliphatic heterocycles. The number of fused-ring (bicyclic) bond motifs is 1. The van der Waals surface area contributed by atoms with Crippen LogP contribution >= 0.6 is 0 Å². The van der Waals surface area contributed by atoms with E-state index in [1.54, 1.807) is 7.05 Å². The van der Waals surface area contributed by atoms with Crippen molar-refractivity contribution in [3.63, 3.8) is 0 Å². The standard InChI is InChI=1S/C10H16N4O3/c1-12-8-7(9(16)13(2)10(12)17)5-14(3-4-15)6-11-8/h11,15H,3-6H2,1-2H3. The van der Waals surface area contributed by atoms with E-state index in [-0.39, 0.29) is 17.9 Å². The van der Waals surface area contributed by atoms with E-state index in [9.17, 15) is 9.59 Å². The molecular formula is C10H16N4O3. The van der Waals surface area contributed by atoms with Gasteiger partial charge in [0, 0.05) is 27.2 Å². The Kier molecular flexibility index (Phi) is 3.03. The van der Waals surface area contributed by atoms with E-state index in [4.69, 9.17) is 5.11 Å². The molecular weight excluding hydrogens is 224 g/mol. The van der Waals surface area contributed by atoms with Crippen LogP contribution in [0.2, 0.25) is 0 Å². The lowest BCUT2D eigenvalue weighted by atomic mass is 10.2. The van der Waals surface area contributed by atoms with Crippen molar-refractivity contribution in [2.24, 2.45) is 14.1 Å². The van der Waals surface area contributed by atoms with E-state index in [1.165, 1.54) is 11.6 Å². The van der Waals surface area contributed by atoms with Crippen LogP contribution < -0.4 is 16.6 Å². The number of β-amino-alcohol motifs (C(OH)–C–C–N with tert-alkyl or cyclic N) is 1. The van der Waals surface area contributed by atoms with Crippen molar-refractivity contribution in [1.82, 2.24) is 14.0 Å². The molecule has 17 heavy (non-hydrogen) atoms. The summed E-state index contributed by atoms with van der Waals surface area (Å²) in [7, 11) is 3.10. The van der Waals surface area contributed by atoms with Crippen molar-refractivity contribution in [3.05, 3.63) is 26.4 Å². The van der Waals surface area contributed by atoms with Crippen LogP contribution in [-0.4, -0.2) is 39.0 Å². The summed E-state index contributed by atoms with van der Waals surface area (Å²) in [6.07, 6.45) is 0. The molecule has 1 aliphatic rings. The highest BCUT2D eigenvalue weighted by Gasteiger charge is 2.22. The molecule has 2 N–H and O–H groups in total. The fourth-order valence-corrected chi connectivity index (χ4v) is 2.05. The average Bonchev–Trinajstić information content (AvgIpc) is 2.34. The number of rotatable bonds is 2. The molecule has 7 nitrogen and oxygen atoms in total. The number of hydrogen-bond donors (Lipinski definition) is 2. The maximum atomic E-state index is 12.0. The number of aromatic nitrogens is 2. The molecule has 1 aromatic rings. The van der Waals surface area contributed by atoms with Gasteiger partial charge in [-0.2, -0.15) is 0 Å². The van der Waals surface area contributed by atoms with Gasteiger partial charge in [-0.15, -0.1) is 0 Å². The summed E-state index contributed by atoms with van der Waals surface area (Å²) in [5, 5.41) is 11.9. The Morgan fingerprint density at radius 2 is 2.00 bits per heavy atom. The first kappa shape index (κ1) is 11.9. The molecule has 2 heterocycles. The van der Waals surface area contributed by atoms with Crippen molar-refractivity contribution in [3.8, 4) is 0 Å². The van der Waals surface area contributed by atoms with Gasteiger partial charge in [-0.3, -0.25) is 18.8 Å². The third-order valence-corrected chi connectivity index (χ3v) is 3.03. The van der Waals surface area contributed by atoms with E-state index in [1.807, 2.05) is 4.90 Å². The molecule has 7 heteroatoms. The summed E-state index contributed by atoms with van der Waals surface area (Å²) in [5.41, 5.74) is -0.0515. The molecule has 0 unspecified atom stereocenters. The molecule has 0 saturated heterocycles. The van der Waals surface area contributed by atoms with Crippen LogP contribution in [0, 0.1) is 0 Å². The van der Waals surface area contributed by atoms with Gasteiger partial charge >= 0.3 is 5.69 Å². The minimum Gasteiger partial charge on any atom is -0.395 e. The highest BCUT2D eigenvalue weighted by atomic mass is 16.3. The van der Waals surface area contributed by atoms with Crippen LogP contribution in [0.4, 0.5) is 5.82 Å². The molecule has 0 bridgehead atoms. The Hall–Kier alpha value is -1.60. The van der Waals surface area contributed by atoms with Crippen molar-refractivity contribution >= 4 is 5.82 Å². The van der Waals surface area contributed by atoms with Crippen molar-refractivity contribution in [2.75, 3.05) is 25.1 Å². The zero-order valence-corrected chi connectivity index (χ0v) is 9.93. The summed E-state index contributed by atoms with van der Waals surface area (Å²) in [5.74, 6) is 0.576. The Balaban J connectivity index is 2.52. The zero-order chi connectivity index (χ0) is 12.6. The second-order valence-corrected chi connectivity index (χ2v) is 4.14. The van der Waals surface area contributed by atoms with Gasteiger partial charge in [0.05, 0.1) is 18.8 Å². The molecule has 2 rings (SSSR count). The van der Waals surface area contributed by atoms with E-state index in [2.05, 4.69) is 5.32 Å². The van der Waals surface area contributed by atoms with Crippen molar-refractivity contribution < 1.29 is 5.11 Å². The summed E-state index contributed by atoms with van der Waals surface area (Å²) in [6.45, 7) is 1.51. The van der Waals surface area contributed by atoms with Crippen LogP contribution in [0.3, 0.4) is 0 Å². The van der Waals surface area contributed by atoms with Gasteiger partial charge in [-0.1, -0.05) is 0 Å². The second-order valence-electron chi connectivity index (χ2n) is 4.14. The molecule has 0 radical (unpaired) electrons. The van der Waals surface area contributed by atoms with Gasteiger partial charge in [0.15, 0.2) is 0 Å². The molecule has 0 amide bonds. The third kappa shape index (κ3) is 1.87. The number of nitrogens with one attached hydrogen (secondary N) is 1. The third-order valence-electron chi connectivity index (χ3n) is 3.03. The first-order valence-corrected chi connectivity index (χ1v) is 5.42. The van der Waals surface area contributed by atoms with Crippen LogP contribution in [-0.2, 0) is 20.6 Å². The Labute approximate surface area is 97.9 Å². The highest BCUT2D eigenvalue weighted by Crippen LogP contribution is 2.15. The molecule has 0 fully saturated rings. The fourth-order valence-electron chi connectivity index (χ4n) is 2.05. The predicted molar refractivity (Wildman–Crippen MR) is 62.9 cm³/mol. The topological polar surface area (TPSA) is 79.5 Å². The Bertz CT molecular complexity index is 546. The quantitative estimate of drug-likeness (QED) is 0.641. The van der Waals surface area contributed by atoms with Gasteiger partial charge in [0.2, 0.25) is 0 Å². The molecule has 0 atom stereocenters. The fraction of sp³-hybridized carbons (Fsp3) is 0.600. The lowest BCUT2D eigenvalue weighted by molar-refractivity contribution is 0.193. The van der Waals surface area contributed by atoms with Crippen molar-refractivity contribution in [2.45, 2.75) is 6.54 Å². The summed E-state index contributed by atoms with van der Waals surface area (Å²) < 4.78 is 2.54. The largest absolute Gasteiger partial charge is 0.395 e. The smallest absolute Gasteiger partial charge is 0.332 e. The first-order chi connectivity index (χ1) is 8.06. The molecule has 0 aliphatic carbocycles. The zero-order valence-electron chi connectivity index (χ0n) is 9.93. The number of hydrogen-bond acceptors (Lipinski definition) is 5.